The zero-order valence-electron chi connectivity index (χ0n) is 8.08. The molecule has 0 unspecified atom stereocenters. The second-order valence-electron chi connectivity index (χ2n) is 3.07. The van der Waals surface area contributed by atoms with E-state index in [0.29, 0.717) is 10.9 Å². The molecule has 0 aliphatic heterocycles. The first kappa shape index (κ1) is 11.4. The van der Waals surface area contributed by atoms with Crippen molar-refractivity contribution in [3.8, 4) is 0 Å². The van der Waals surface area contributed by atoms with Crippen LogP contribution in [0.3, 0.4) is 0 Å². The second-order valence-corrected chi connectivity index (χ2v) is 4.93. The van der Waals surface area contributed by atoms with Crippen LogP contribution < -0.4 is 5.73 Å². The minimum absolute atomic E-state index is 0.264. The Bertz CT molecular complexity index is 482. The quantitative estimate of drug-likeness (QED) is 0.855. The number of nitrogen functional groups attached to an aromatic ring is 1. The van der Waals surface area contributed by atoms with Gasteiger partial charge in [0.1, 0.15) is 5.82 Å². The van der Waals surface area contributed by atoms with Gasteiger partial charge >= 0.3 is 0 Å². The van der Waals surface area contributed by atoms with Crippen LogP contribution in [0.25, 0.3) is 0 Å². The fourth-order valence-electron chi connectivity index (χ4n) is 1.16. The summed E-state index contributed by atoms with van der Waals surface area (Å²) in [4.78, 5) is 3.94. The molecule has 0 spiro atoms. The average molecular weight is 303 g/mol. The molecular formula is C9H8BrFN4S. The van der Waals surface area contributed by atoms with E-state index in [-0.39, 0.29) is 11.8 Å². The fraction of sp³-hybridized carbons (Fsp3) is 0.111. The van der Waals surface area contributed by atoms with Gasteiger partial charge in [0.05, 0.1) is 0 Å². The van der Waals surface area contributed by atoms with Gasteiger partial charge in [-0.25, -0.2) is 9.49 Å². The molecule has 7 heteroatoms. The molecule has 0 atom stereocenters. The van der Waals surface area contributed by atoms with Gasteiger partial charge in [-0.2, -0.15) is 4.98 Å². The Hall–Kier alpha value is -1.08. The minimum Gasteiger partial charge on any atom is -0.368 e. The molecular weight excluding hydrogens is 295 g/mol. The molecule has 1 heterocycles. The Morgan fingerprint density at radius 2 is 2.25 bits per heavy atom. The largest absolute Gasteiger partial charge is 0.368 e. The highest BCUT2D eigenvalue weighted by Gasteiger charge is 2.04. The summed E-state index contributed by atoms with van der Waals surface area (Å²) in [5.74, 6) is 0.607. The standard InChI is InChI=1S/C9H8BrFN4S/c10-6-1-5(2-7(11)3-6)4-16-9-13-8(12)14-15-9/h1-3H,4H2,(H3,12,13,14,15). The fourth-order valence-corrected chi connectivity index (χ4v) is 2.41. The summed E-state index contributed by atoms with van der Waals surface area (Å²) in [7, 11) is 0. The topological polar surface area (TPSA) is 67.6 Å². The lowest BCUT2D eigenvalue weighted by Crippen LogP contribution is -1.86. The molecule has 2 rings (SSSR count). The summed E-state index contributed by atoms with van der Waals surface area (Å²) in [5.41, 5.74) is 6.25. The molecule has 0 radical (unpaired) electrons. The number of hydrogen-bond donors (Lipinski definition) is 2. The molecule has 0 saturated carbocycles. The summed E-state index contributed by atoms with van der Waals surface area (Å²) < 4.78 is 13.8. The molecule has 84 valence electrons. The Kier molecular flexibility index (Phi) is 3.45. The van der Waals surface area contributed by atoms with Crippen molar-refractivity contribution in [2.75, 3.05) is 5.73 Å². The monoisotopic (exact) mass is 302 g/mol. The molecule has 0 saturated heterocycles. The van der Waals surface area contributed by atoms with Gasteiger partial charge < -0.3 is 5.73 Å². The van der Waals surface area contributed by atoms with Crippen molar-refractivity contribution in [3.63, 3.8) is 0 Å². The van der Waals surface area contributed by atoms with Crippen molar-refractivity contribution in [2.45, 2.75) is 10.9 Å². The predicted molar refractivity (Wildman–Crippen MR) is 64.5 cm³/mol. The normalized spacial score (nSPS) is 10.6. The number of rotatable bonds is 3. The average Bonchev–Trinajstić information content (AvgIpc) is 2.60. The highest BCUT2D eigenvalue weighted by Crippen LogP contribution is 2.22. The van der Waals surface area contributed by atoms with E-state index in [1.54, 1.807) is 0 Å². The van der Waals surface area contributed by atoms with Gasteiger partial charge in [0.15, 0.2) is 0 Å². The van der Waals surface area contributed by atoms with Gasteiger partial charge in [0.25, 0.3) is 0 Å². The number of benzene rings is 1. The molecule has 0 bridgehead atoms. The van der Waals surface area contributed by atoms with Gasteiger partial charge in [-0.05, 0) is 23.8 Å². The third-order valence-electron chi connectivity index (χ3n) is 1.77. The second kappa shape index (κ2) is 4.84. The highest BCUT2D eigenvalue weighted by molar-refractivity contribution is 9.10. The highest BCUT2D eigenvalue weighted by atomic mass is 79.9. The van der Waals surface area contributed by atoms with Crippen LogP contribution in [-0.4, -0.2) is 15.2 Å². The number of anilines is 1. The third kappa shape index (κ3) is 2.96. The van der Waals surface area contributed by atoms with Crippen LogP contribution in [0.5, 0.6) is 0 Å². The maximum absolute atomic E-state index is 13.1. The Balaban J connectivity index is 2.04. The van der Waals surface area contributed by atoms with Crippen LogP contribution in [0.15, 0.2) is 27.8 Å². The van der Waals surface area contributed by atoms with Crippen molar-refractivity contribution in [1.29, 1.82) is 0 Å². The molecule has 16 heavy (non-hydrogen) atoms. The van der Waals surface area contributed by atoms with Gasteiger partial charge in [-0.15, -0.1) is 5.10 Å². The van der Waals surface area contributed by atoms with Crippen LogP contribution in [0.2, 0.25) is 0 Å². The van der Waals surface area contributed by atoms with Crippen molar-refractivity contribution in [1.82, 2.24) is 15.2 Å². The van der Waals surface area contributed by atoms with Crippen molar-refractivity contribution < 1.29 is 4.39 Å². The van der Waals surface area contributed by atoms with E-state index in [9.17, 15) is 4.39 Å². The Morgan fingerprint density at radius 1 is 1.44 bits per heavy atom. The van der Waals surface area contributed by atoms with Crippen LogP contribution in [0, 0.1) is 5.82 Å². The number of nitrogens with one attached hydrogen (secondary N) is 1. The van der Waals surface area contributed by atoms with Gasteiger partial charge in [-0.1, -0.05) is 27.7 Å². The number of aromatic nitrogens is 3. The van der Waals surface area contributed by atoms with E-state index in [0.717, 1.165) is 10.0 Å². The van der Waals surface area contributed by atoms with Gasteiger partial charge in [0.2, 0.25) is 11.1 Å². The van der Waals surface area contributed by atoms with Crippen molar-refractivity contribution in [2.24, 2.45) is 0 Å². The number of nitrogens with zero attached hydrogens (tertiary/aromatic N) is 2. The number of thioether (sulfide) groups is 1. The van der Waals surface area contributed by atoms with Gasteiger partial charge in [-0.3, -0.25) is 0 Å². The molecule has 0 fully saturated rings. The van der Waals surface area contributed by atoms with Crippen LogP contribution in [0.1, 0.15) is 5.56 Å². The van der Waals surface area contributed by atoms with Crippen molar-refractivity contribution >= 4 is 33.6 Å². The van der Waals surface area contributed by atoms with E-state index in [2.05, 4.69) is 31.1 Å². The lowest BCUT2D eigenvalue weighted by molar-refractivity contribution is 0.625. The summed E-state index contributed by atoms with van der Waals surface area (Å²) in [6.45, 7) is 0. The molecule has 0 aliphatic carbocycles. The molecule has 2 aromatic rings. The van der Waals surface area contributed by atoms with E-state index in [1.165, 1.54) is 23.9 Å². The van der Waals surface area contributed by atoms with Crippen LogP contribution >= 0.6 is 27.7 Å². The summed E-state index contributed by atoms with van der Waals surface area (Å²) in [5, 5.41) is 6.97. The number of hydrogen-bond acceptors (Lipinski definition) is 4. The smallest absolute Gasteiger partial charge is 0.216 e. The predicted octanol–water partition coefficient (Wildman–Crippen LogP) is 2.58. The minimum atomic E-state index is -0.264. The summed E-state index contributed by atoms with van der Waals surface area (Å²) in [6.07, 6.45) is 0. The number of halogens is 2. The maximum atomic E-state index is 13.1. The lowest BCUT2D eigenvalue weighted by atomic mass is 10.2. The molecule has 4 nitrogen and oxygen atoms in total. The first-order chi connectivity index (χ1) is 7.63. The van der Waals surface area contributed by atoms with Crippen LogP contribution in [0.4, 0.5) is 10.3 Å². The van der Waals surface area contributed by atoms with Crippen molar-refractivity contribution in [3.05, 3.63) is 34.1 Å². The molecule has 3 N–H and O–H groups in total. The number of aromatic amines is 1. The molecule has 0 aliphatic rings. The number of nitrogens with two attached hydrogens (primary N) is 1. The van der Waals surface area contributed by atoms with Crippen LogP contribution in [-0.2, 0) is 5.75 Å². The zero-order chi connectivity index (χ0) is 11.5. The summed E-state index contributed by atoms with van der Waals surface area (Å²) >= 11 is 4.63. The maximum Gasteiger partial charge on any atom is 0.216 e. The molecule has 1 aromatic carbocycles. The summed E-state index contributed by atoms with van der Waals surface area (Å²) in [6, 6.07) is 4.75. The van der Waals surface area contributed by atoms with Gasteiger partial charge in [0, 0.05) is 10.2 Å². The van der Waals surface area contributed by atoms with E-state index < -0.39 is 0 Å². The number of H-pyrrole nitrogens is 1. The molecule has 0 amide bonds. The third-order valence-corrected chi connectivity index (χ3v) is 3.15. The van der Waals surface area contributed by atoms with E-state index >= 15 is 0 Å². The van der Waals surface area contributed by atoms with E-state index in [4.69, 9.17) is 5.73 Å². The molecule has 1 aromatic heterocycles. The van der Waals surface area contributed by atoms with E-state index in [1.807, 2.05) is 6.07 Å². The SMILES string of the molecule is Nc1nc(SCc2cc(F)cc(Br)c2)n[nH]1. The first-order valence-electron chi connectivity index (χ1n) is 4.39. The lowest BCUT2D eigenvalue weighted by Gasteiger charge is -2.00. The zero-order valence-corrected chi connectivity index (χ0v) is 10.5. The Labute approximate surface area is 104 Å². The first-order valence-corrected chi connectivity index (χ1v) is 6.17. The Morgan fingerprint density at radius 3 is 2.88 bits per heavy atom.